The molecule has 0 saturated heterocycles. The summed E-state index contributed by atoms with van der Waals surface area (Å²) < 4.78 is 0. The number of carbonyl (C=O) groups excluding carboxylic acids is 1. The van der Waals surface area contributed by atoms with Crippen LogP contribution in [-0.4, -0.2) is 22.6 Å². The molecule has 0 saturated carbocycles. The lowest BCUT2D eigenvalue weighted by Gasteiger charge is -2.28. The van der Waals surface area contributed by atoms with Crippen molar-refractivity contribution in [2.24, 2.45) is 10.4 Å². The van der Waals surface area contributed by atoms with Gasteiger partial charge in [0.05, 0.1) is 13.2 Å². The average Bonchev–Trinajstić information content (AvgIpc) is 2.66. The summed E-state index contributed by atoms with van der Waals surface area (Å²) in [4.78, 5) is 19.1. The second-order valence-corrected chi connectivity index (χ2v) is 9.20. The number of nitrogens with zero attached hydrogens (tertiary/aromatic N) is 2. The molecule has 1 aromatic carbocycles. The van der Waals surface area contributed by atoms with E-state index in [0.717, 1.165) is 33.4 Å². The first-order valence-corrected chi connectivity index (χ1v) is 10.6. The Bertz CT molecular complexity index is 912. The first-order valence-electron chi connectivity index (χ1n) is 10.6. The molecular formula is C27H38N2O2. The van der Waals surface area contributed by atoms with Crippen LogP contribution in [0.2, 0.25) is 0 Å². The second kappa shape index (κ2) is 11.6. The fraction of sp³-hybridized carbons (Fsp3) is 0.407. The number of aliphatic hydroxyl groups is 1. The van der Waals surface area contributed by atoms with Gasteiger partial charge in [0.2, 0.25) is 5.91 Å². The molecule has 0 aliphatic carbocycles. The lowest BCUT2D eigenvalue weighted by atomic mass is 9.91. The van der Waals surface area contributed by atoms with Crippen molar-refractivity contribution in [1.29, 1.82) is 0 Å². The molecule has 0 radical (unpaired) electrons. The Morgan fingerprint density at radius 3 is 2.32 bits per heavy atom. The number of carbonyl (C=O) groups is 1. The molecule has 0 unspecified atom stereocenters. The number of amides is 1. The minimum absolute atomic E-state index is 0.0231. The highest BCUT2D eigenvalue weighted by atomic mass is 16.3. The van der Waals surface area contributed by atoms with Crippen LogP contribution in [0.3, 0.4) is 0 Å². The predicted octanol–water partition coefficient (Wildman–Crippen LogP) is 6.43. The number of aliphatic imine (C=N–C) groups is 1. The molecule has 1 N–H and O–H groups in total. The standard InChI is InChI=1S/C27H38N2O2/c1-10-11-20(4)26(28-9)29(25(31)16-27(6,7)8)17-23-13-12-22(15-24(23)18-30)21(5)14-19(2)3/h10-15,30H,2,9,16-18H2,1,3-8H3/b11-10-,21-14+,26-20-. The van der Waals surface area contributed by atoms with Crippen molar-refractivity contribution in [3.8, 4) is 0 Å². The van der Waals surface area contributed by atoms with Gasteiger partial charge in [-0.15, -0.1) is 0 Å². The number of hydrogen-bond acceptors (Lipinski definition) is 3. The van der Waals surface area contributed by atoms with Crippen molar-refractivity contribution in [1.82, 2.24) is 4.90 Å². The molecule has 4 nitrogen and oxygen atoms in total. The van der Waals surface area contributed by atoms with E-state index in [1.807, 2.05) is 84.9 Å². The molecule has 4 heteroatoms. The summed E-state index contributed by atoms with van der Waals surface area (Å²) in [5.41, 5.74) is 5.43. The van der Waals surface area contributed by atoms with Crippen molar-refractivity contribution in [3.05, 3.63) is 76.7 Å². The largest absolute Gasteiger partial charge is 0.392 e. The molecule has 0 atom stereocenters. The van der Waals surface area contributed by atoms with E-state index in [0.29, 0.717) is 18.8 Å². The topological polar surface area (TPSA) is 52.9 Å². The zero-order valence-corrected chi connectivity index (χ0v) is 20.2. The van der Waals surface area contributed by atoms with Gasteiger partial charge in [0.1, 0.15) is 5.82 Å². The third-order valence-electron chi connectivity index (χ3n) is 4.78. The molecule has 0 aliphatic rings. The van der Waals surface area contributed by atoms with Crippen LogP contribution >= 0.6 is 0 Å². The van der Waals surface area contributed by atoms with Crippen LogP contribution in [0.1, 0.15) is 71.6 Å². The lowest BCUT2D eigenvalue weighted by Crippen LogP contribution is -2.33. The quantitative estimate of drug-likeness (QED) is 0.368. The Kier molecular flexibility index (Phi) is 9.86. The molecule has 0 bridgehead atoms. The third kappa shape index (κ3) is 8.14. The van der Waals surface area contributed by atoms with Crippen LogP contribution in [0, 0.1) is 5.41 Å². The summed E-state index contributed by atoms with van der Waals surface area (Å²) in [5, 5.41) is 10.0. The first kappa shape index (κ1) is 26.3. The molecule has 0 aromatic heterocycles. The van der Waals surface area contributed by atoms with Crippen LogP contribution in [0.25, 0.3) is 5.57 Å². The van der Waals surface area contributed by atoms with E-state index in [-0.39, 0.29) is 17.9 Å². The van der Waals surface area contributed by atoms with Crippen LogP contribution < -0.4 is 0 Å². The van der Waals surface area contributed by atoms with Crippen molar-refractivity contribution >= 4 is 18.2 Å². The maximum Gasteiger partial charge on any atom is 0.228 e. The van der Waals surface area contributed by atoms with Crippen molar-refractivity contribution < 1.29 is 9.90 Å². The summed E-state index contributed by atoms with van der Waals surface area (Å²) in [7, 11) is 0. The summed E-state index contributed by atoms with van der Waals surface area (Å²) in [6, 6.07) is 5.96. The molecule has 1 rings (SSSR count). The maximum atomic E-state index is 13.3. The Balaban J connectivity index is 3.48. The molecular weight excluding hydrogens is 384 g/mol. The van der Waals surface area contributed by atoms with E-state index in [4.69, 9.17) is 0 Å². The first-order chi connectivity index (χ1) is 14.4. The predicted molar refractivity (Wildman–Crippen MR) is 133 cm³/mol. The molecule has 0 aliphatic heterocycles. The highest BCUT2D eigenvalue weighted by Crippen LogP contribution is 2.27. The Hall–Kier alpha value is -2.72. The molecule has 0 fully saturated rings. The summed E-state index contributed by atoms with van der Waals surface area (Å²) in [5.74, 6) is 0.517. The molecule has 31 heavy (non-hydrogen) atoms. The van der Waals surface area contributed by atoms with E-state index in [1.54, 1.807) is 4.90 Å². The zero-order valence-electron chi connectivity index (χ0n) is 20.2. The van der Waals surface area contributed by atoms with Gasteiger partial charge < -0.3 is 5.11 Å². The van der Waals surface area contributed by atoms with E-state index >= 15 is 0 Å². The number of aliphatic hydroxyl groups excluding tert-OH is 1. The van der Waals surface area contributed by atoms with Crippen LogP contribution in [-0.2, 0) is 17.9 Å². The van der Waals surface area contributed by atoms with Gasteiger partial charge in [-0.1, -0.05) is 63.3 Å². The van der Waals surface area contributed by atoms with Crippen LogP contribution in [0.15, 0.2) is 65.0 Å². The van der Waals surface area contributed by atoms with Gasteiger partial charge in [0.25, 0.3) is 0 Å². The van der Waals surface area contributed by atoms with Crippen LogP contribution in [0.4, 0.5) is 0 Å². The van der Waals surface area contributed by atoms with E-state index in [2.05, 4.69) is 18.3 Å². The SMILES string of the molecule is C=N/C(=C(C)/C=C\C)N(Cc1ccc(/C(C)=C/C(=C)C)cc1CO)C(=O)CC(C)(C)C. The molecule has 0 heterocycles. The van der Waals surface area contributed by atoms with E-state index in [1.165, 1.54) is 0 Å². The van der Waals surface area contributed by atoms with Crippen molar-refractivity contribution in [2.75, 3.05) is 0 Å². The molecule has 0 spiro atoms. The van der Waals surface area contributed by atoms with Gasteiger partial charge in [-0.3, -0.25) is 9.69 Å². The number of hydrogen-bond donors (Lipinski definition) is 1. The van der Waals surface area contributed by atoms with Gasteiger partial charge in [-0.2, -0.15) is 0 Å². The number of rotatable bonds is 9. The van der Waals surface area contributed by atoms with Crippen molar-refractivity contribution in [2.45, 2.75) is 68.0 Å². The minimum Gasteiger partial charge on any atom is -0.392 e. The number of allylic oxidation sites excluding steroid dienone is 6. The van der Waals surface area contributed by atoms with Gasteiger partial charge >= 0.3 is 0 Å². The molecule has 1 aromatic rings. The summed E-state index contributed by atoms with van der Waals surface area (Å²) >= 11 is 0. The molecule has 1 amide bonds. The lowest BCUT2D eigenvalue weighted by molar-refractivity contribution is -0.131. The van der Waals surface area contributed by atoms with Crippen LogP contribution in [0.5, 0.6) is 0 Å². The highest BCUT2D eigenvalue weighted by molar-refractivity contribution is 5.79. The normalized spacial score (nSPS) is 13.2. The fourth-order valence-electron chi connectivity index (χ4n) is 3.37. The van der Waals surface area contributed by atoms with Gasteiger partial charge in [-0.25, -0.2) is 4.99 Å². The van der Waals surface area contributed by atoms with Gasteiger partial charge in [0.15, 0.2) is 0 Å². The molecule has 168 valence electrons. The maximum absolute atomic E-state index is 13.3. The van der Waals surface area contributed by atoms with Gasteiger partial charge in [0, 0.05) is 6.42 Å². The highest BCUT2D eigenvalue weighted by Gasteiger charge is 2.25. The summed E-state index contributed by atoms with van der Waals surface area (Å²) in [6.07, 6.45) is 6.22. The fourth-order valence-corrected chi connectivity index (χ4v) is 3.37. The third-order valence-corrected chi connectivity index (χ3v) is 4.78. The number of benzene rings is 1. The Labute approximate surface area is 188 Å². The Morgan fingerprint density at radius 1 is 1.19 bits per heavy atom. The Morgan fingerprint density at radius 2 is 1.84 bits per heavy atom. The van der Waals surface area contributed by atoms with E-state index in [9.17, 15) is 9.90 Å². The summed E-state index contributed by atoms with van der Waals surface area (Å²) in [6.45, 7) is 21.8. The minimum atomic E-state index is -0.162. The zero-order chi connectivity index (χ0) is 23.8. The van der Waals surface area contributed by atoms with E-state index < -0.39 is 0 Å². The smallest absolute Gasteiger partial charge is 0.228 e. The van der Waals surface area contributed by atoms with Gasteiger partial charge in [-0.05, 0) is 73.7 Å². The second-order valence-electron chi connectivity index (χ2n) is 9.20. The van der Waals surface area contributed by atoms with Crippen molar-refractivity contribution in [3.63, 3.8) is 0 Å². The average molecular weight is 423 g/mol. The monoisotopic (exact) mass is 422 g/mol.